The van der Waals surface area contributed by atoms with E-state index in [1.165, 1.54) is 35.8 Å². The normalized spacial score (nSPS) is 15.5. The molecule has 0 saturated carbocycles. The second-order valence-electron chi connectivity index (χ2n) is 8.77. The van der Waals surface area contributed by atoms with E-state index in [1.807, 2.05) is 7.05 Å². The minimum atomic E-state index is -4.10. The Kier molecular flexibility index (Phi) is 7.34. The molecule has 3 aromatic rings. The number of benzene rings is 2. The predicted molar refractivity (Wildman–Crippen MR) is 131 cm³/mol. The van der Waals surface area contributed by atoms with Crippen LogP contribution in [-0.4, -0.2) is 53.8 Å². The molecule has 1 amide bonds. The molecule has 4 rings (SSSR count). The molecule has 0 radical (unpaired) electrons. The molecule has 2 heterocycles. The molecule has 192 valence electrons. The van der Waals surface area contributed by atoms with Crippen LogP contribution in [0.5, 0.6) is 11.5 Å². The van der Waals surface area contributed by atoms with Crippen molar-refractivity contribution in [1.29, 1.82) is 0 Å². The topological polar surface area (TPSA) is 144 Å². The van der Waals surface area contributed by atoms with Gasteiger partial charge < -0.3 is 19.1 Å². The van der Waals surface area contributed by atoms with Crippen molar-refractivity contribution in [3.8, 4) is 11.5 Å². The maximum atomic E-state index is 13.3. The number of aromatic hydroxyl groups is 1. The van der Waals surface area contributed by atoms with Crippen LogP contribution in [0, 0.1) is 0 Å². The van der Waals surface area contributed by atoms with Crippen LogP contribution in [0.15, 0.2) is 58.4 Å². The fourth-order valence-corrected chi connectivity index (χ4v) is 6.47. The summed E-state index contributed by atoms with van der Waals surface area (Å²) in [6, 6.07) is 10.4. The van der Waals surface area contributed by atoms with Gasteiger partial charge in [-0.25, -0.2) is 13.9 Å². The lowest BCUT2D eigenvalue weighted by Crippen LogP contribution is -2.54. The number of sulfone groups is 1. The fourth-order valence-electron chi connectivity index (χ4n) is 4.53. The molecule has 10 nitrogen and oxygen atoms in total. The number of pyridine rings is 1. The first-order valence-corrected chi connectivity index (χ1v) is 13.0. The standard InChI is InChI=1S/C25H28N2O8S/c1-27-16-17(23(29)21-9-4-18(28)15-22(21)27)3-2-12-35-19-5-7-20(8-6-19)36(32,33)25(24(30)26-31)10-13-34-14-11-25/h4-9,15-16,28,31H,2-3,10-14H2,1H3,(H,26,30). The summed E-state index contributed by atoms with van der Waals surface area (Å²) in [7, 11) is -2.29. The summed E-state index contributed by atoms with van der Waals surface area (Å²) in [5.74, 6) is -0.428. The molecule has 11 heteroatoms. The first-order valence-electron chi connectivity index (χ1n) is 11.5. The van der Waals surface area contributed by atoms with Crippen molar-refractivity contribution in [2.45, 2.75) is 35.3 Å². The highest BCUT2D eigenvalue weighted by Crippen LogP contribution is 2.35. The van der Waals surface area contributed by atoms with Crippen LogP contribution >= 0.6 is 0 Å². The van der Waals surface area contributed by atoms with E-state index < -0.39 is 20.5 Å². The van der Waals surface area contributed by atoms with Crippen molar-refractivity contribution in [1.82, 2.24) is 10.0 Å². The monoisotopic (exact) mass is 516 g/mol. The average molecular weight is 517 g/mol. The lowest BCUT2D eigenvalue weighted by molar-refractivity contribution is -0.134. The van der Waals surface area contributed by atoms with Gasteiger partial charge in [-0.15, -0.1) is 0 Å². The number of fused-ring (bicyclic) bond motifs is 1. The summed E-state index contributed by atoms with van der Waals surface area (Å²) < 4.78 is 37.5. The molecule has 2 aromatic carbocycles. The summed E-state index contributed by atoms with van der Waals surface area (Å²) in [4.78, 5) is 25.1. The molecule has 0 atom stereocenters. The first kappa shape index (κ1) is 25.7. The number of hydrogen-bond donors (Lipinski definition) is 3. The van der Waals surface area contributed by atoms with Crippen LogP contribution in [0.2, 0.25) is 0 Å². The summed E-state index contributed by atoms with van der Waals surface area (Å²) in [5.41, 5.74) is 2.68. The highest BCUT2D eigenvalue weighted by Gasteiger charge is 2.52. The number of aryl methyl sites for hydroxylation is 2. The van der Waals surface area contributed by atoms with Gasteiger partial charge >= 0.3 is 0 Å². The number of hydrogen-bond acceptors (Lipinski definition) is 8. The number of ether oxygens (including phenoxy) is 2. The number of nitrogens with zero attached hydrogens (tertiary/aromatic N) is 1. The quantitative estimate of drug-likeness (QED) is 0.235. The largest absolute Gasteiger partial charge is 0.508 e. The van der Waals surface area contributed by atoms with E-state index >= 15 is 0 Å². The molecule has 0 spiro atoms. The van der Waals surface area contributed by atoms with Gasteiger partial charge in [0.15, 0.2) is 20.0 Å². The molecule has 1 aromatic heterocycles. The van der Waals surface area contributed by atoms with Crippen LogP contribution in [0.3, 0.4) is 0 Å². The van der Waals surface area contributed by atoms with Crippen LogP contribution in [0.1, 0.15) is 24.8 Å². The third-order valence-electron chi connectivity index (χ3n) is 6.57. The van der Waals surface area contributed by atoms with Gasteiger partial charge in [0.25, 0.3) is 5.91 Å². The Labute approximate surface area is 208 Å². The molecule has 0 bridgehead atoms. The van der Waals surface area contributed by atoms with Crippen molar-refractivity contribution in [3.63, 3.8) is 0 Å². The van der Waals surface area contributed by atoms with Gasteiger partial charge in [-0.2, -0.15) is 0 Å². The molecule has 0 unspecified atom stereocenters. The van der Waals surface area contributed by atoms with E-state index in [-0.39, 0.29) is 42.1 Å². The molecule has 3 N–H and O–H groups in total. The molecule has 0 aliphatic carbocycles. The average Bonchev–Trinajstić information content (AvgIpc) is 2.89. The number of phenolic OH excluding ortho intramolecular Hbond substituents is 1. The third-order valence-corrected chi connectivity index (χ3v) is 9.09. The predicted octanol–water partition coefficient (Wildman–Crippen LogP) is 2.08. The number of rotatable bonds is 8. The lowest BCUT2D eigenvalue weighted by atomic mass is 9.98. The Balaban J connectivity index is 1.41. The van der Waals surface area contributed by atoms with E-state index in [4.69, 9.17) is 14.7 Å². The van der Waals surface area contributed by atoms with E-state index in [0.717, 1.165) is 0 Å². The summed E-state index contributed by atoms with van der Waals surface area (Å²) in [5, 5.41) is 19.4. The van der Waals surface area contributed by atoms with Crippen molar-refractivity contribution in [2.24, 2.45) is 7.05 Å². The zero-order valence-corrected chi connectivity index (χ0v) is 20.6. The van der Waals surface area contributed by atoms with Crippen LogP contribution in [0.4, 0.5) is 0 Å². The minimum absolute atomic E-state index is 0.0500. The van der Waals surface area contributed by atoms with Gasteiger partial charge in [-0.3, -0.25) is 14.8 Å². The zero-order chi connectivity index (χ0) is 25.9. The van der Waals surface area contributed by atoms with Gasteiger partial charge in [0, 0.05) is 43.5 Å². The Morgan fingerprint density at radius 3 is 2.53 bits per heavy atom. The smallest absolute Gasteiger partial charge is 0.265 e. The Bertz CT molecular complexity index is 1420. The van der Waals surface area contributed by atoms with Gasteiger partial charge in [0.05, 0.1) is 17.0 Å². The highest BCUT2D eigenvalue weighted by molar-refractivity contribution is 7.93. The highest BCUT2D eigenvalue weighted by atomic mass is 32.2. The second-order valence-corrected chi connectivity index (χ2v) is 11.0. The van der Waals surface area contributed by atoms with Crippen LogP contribution < -0.4 is 15.6 Å². The van der Waals surface area contributed by atoms with Crippen molar-refractivity contribution < 1.29 is 33.0 Å². The van der Waals surface area contributed by atoms with E-state index in [1.54, 1.807) is 22.9 Å². The molecular formula is C25H28N2O8S. The summed E-state index contributed by atoms with van der Waals surface area (Å²) in [6.07, 6.45) is 2.67. The van der Waals surface area contributed by atoms with Crippen molar-refractivity contribution in [3.05, 3.63) is 64.4 Å². The third kappa shape index (κ3) is 4.69. The number of hydroxylamine groups is 1. The minimum Gasteiger partial charge on any atom is -0.508 e. The van der Waals surface area contributed by atoms with Gasteiger partial charge in [0.2, 0.25) is 0 Å². The van der Waals surface area contributed by atoms with E-state index in [2.05, 4.69) is 0 Å². The second kappa shape index (κ2) is 10.3. The number of carbonyl (C=O) groups is 1. The van der Waals surface area contributed by atoms with E-state index in [0.29, 0.717) is 41.7 Å². The summed E-state index contributed by atoms with van der Waals surface area (Å²) >= 11 is 0. The van der Waals surface area contributed by atoms with Gasteiger partial charge in [-0.05, 0) is 62.1 Å². The van der Waals surface area contributed by atoms with Crippen molar-refractivity contribution >= 4 is 26.6 Å². The molecule has 1 aliphatic heterocycles. The number of carbonyl (C=O) groups excluding carboxylic acids is 1. The Morgan fingerprint density at radius 1 is 1.17 bits per heavy atom. The lowest BCUT2D eigenvalue weighted by Gasteiger charge is -2.34. The molecular weight excluding hydrogens is 488 g/mol. The molecule has 1 fully saturated rings. The molecule has 1 aliphatic rings. The Hall–Kier alpha value is -3.41. The van der Waals surface area contributed by atoms with Crippen molar-refractivity contribution in [2.75, 3.05) is 19.8 Å². The first-order chi connectivity index (χ1) is 17.2. The summed E-state index contributed by atoms with van der Waals surface area (Å²) in [6.45, 7) is 0.490. The number of nitrogens with one attached hydrogen (secondary N) is 1. The van der Waals surface area contributed by atoms with Crippen LogP contribution in [0.25, 0.3) is 10.9 Å². The Morgan fingerprint density at radius 2 is 1.86 bits per heavy atom. The number of phenols is 1. The number of amides is 1. The number of aromatic nitrogens is 1. The van der Waals surface area contributed by atoms with Gasteiger partial charge in [-0.1, -0.05) is 0 Å². The zero-order valence-electron chi connectivity index (χ0n) is 19.8. The fraction of sp³-hybridized carbons (Fsp3) is 0.360. The van der Waals surface area contributed by atoms with Gasteiger partial charge in [0.1, 0.15) is 11.5 Å². The SMILES string of the molecule is Cn1cc(CCCOc2ccc(S(=O)(=O)C3(C(=O)NO)CCOCC3)cc2)c(=O)c2ccc(O)cc21. The maximum absolute atomic E-state index is 13.3. The molecule has 1 saturated heterocycles. The van der Waals surface area contributed by atoms with Crippen LogP contribution in [-0.2, 0) is 32.8 Å². The molecule has 36 heavy (non-hydrogen) atoms. The maximum Gasteiger partial charge on any atom is 0.265 e. The van der Waals surface area contributed by atoms with E-state index in [9.17, 15) is 23.1 Å².